The molecule has 36 heavy (non-hydrogen) atoms. The zero-order chi connectivity index (χ0) is 25.1. The molecule has 8 nitrogen and oxygen atoms in total. The monoisotopic (exact) mass is 479 g/mol. The van der Waals surface area contributed by atoms with Crippen molar-refractivity contribution in [1.29, 1.82) is 0 Å². The average Bonchev–Trinajstić information content (AvgIpc) is 3.18. The van der Waals surface area contributed by atoms with Crippen molar-refractivity contribution in [2.24, 2.45) is 10.2 Å². The van der Waals surface area contributed by atoms with E-state index in [4.69, 9.17) is 0 Å². The van der Waals surface area contributed by atoms with Gasteiger partial charge in [0.2, 0.25) is 5.88 Å². The number of aromatic nitrogens is 3. The number of nitrogens with zero attached hydrogens (tertiary/aromatic N) is 5. The van der Waals surface area contributed by atoms with Gasteiger partial charge in [0.25, 0.3) is 5.56 Å². The molecule has 5 aromatic rings. The van der Waals surface area contributed by atoms with Gasteiger partial charge in [-0.1, -0.05) is 80.1 Å². The maximum atomic E-state index is 13.2. The standard InChI is InChI=1S/C28H25N5O3/c1-2-3-17-32-23-16-10-9-15-22(23)25(28(32)36)29-30-26(34)24-20-13-7-8-14-21(20)27(35)33(31-24)18-19-11-5-4-6-12-19/h4-16,36H,2-3,17-18H2,1H3. The van der Waals surface area contributed by atoms with Crippen LogP contribution in [0, 0.1) is 0 Å². The molecule has 2 heterocycles. The number of unbranched alkanes of at least 4 members (excludes halogenated alkanes) is 1. The van der Waals surface area contributed by atoms with Gasteiger partial charge in [-0.15, -0.1) is 10.2 Å². The summed E-state index contributed by atoms with van der Waals surface area (Å²) < 4.78 is 3.06. The lowest BCUT2D eigenvalue weighted by molar-refractivity contribution is 0.0990. The summed E-state index contributed by atoms with van der Waals surface area (Å²) in [6.45, 7) is 2.92. The molecule has 0 saturated carbocycles. The van der Waals surface area contributed by atoms with E-state index in [2.05, 4.69) is 22.3 Å². The molecular formula is C28H25N5O3. The number of benzene rings is 3. The summed E-state index contributed by atoms with van der Waals surface area (Å²) in [4.78, 5) is 26.3. The number of hydrogen-bond donors (Lipinski definition) is 1. The van der Waals surface area contributed by atoms with Crippen LogP contribution in [0.2, 0.25) is 0 Å². The molecule has 1 amide bonds. The van der Waals surface area contributed by atoms with Crippen LogP contribution in [0.3, 0.4) is 0 Å². The van der Waals surface area contributed by atoms with Crippen LogP contribution < -0.4 is 5.56 Å². The van der Waals surface area contributed by atoms with E-state index in [1.165, 1.54) is 4.68 Å². The summed E-state index contributed by atoms with van der Waals surface area (Å²) in [7, 11) is 0. The van der Waals surface area contributed by atoms with Crippen molar-refractivity contribution in [3.63, 3.8) is 0 Å². The third kappa shape index (κ3) is 4.29. The average molecular weight is 480 g/mol. The second-order valence-corrected chi connectivity index (χ2v) is 8.54. The second kappa shape index (κ2) is 9.95. The molecule has 0 aliphatic heterocycles. The van der Waals surface area contributed by atoms with E-state index in [0.29, 0.717) is 22.7 Å². The Kier molecular flexibility index (Phi) is 6.40. The number of aryl methyl sites for hydroxylation is 1. The van der Waals surface area contributed by atoms with Crippen molar-refractivity contribution >= 4 is 33.3 Å². The van der Waals surface area contributed by atoms with Gasteiger partial charge >= 0.3 is 5.91 Å². The van der Waals surface area contributed by atoms with Gasteiger partial charge in [0.15, 0.2) is 11.4 Å². The molecule has 5 rings (SSSR count). The molecule has 0 unspecified atom stereocenters. The quantitative estimate of drug-likeness (QED) is 0.297. The minimum absolute atomic E-state index is 0.0269. The summed E-state index contributed by atoms with van der Waals surface area (Å²) in [6, 6.07) is 23.7. The molecule has 8 heteroatoms. The fourth-order valence-corrected chi connectivity index (χ4v) is 4.31. The lowest BCUT2D eigenvalue weighted by Gasteiger charge is -2.09. The number of carbonyl (C=O) groups excluding carboxylic acids is 1. The van der Waals surface area contributed by atoms with Crippen molar-refractivity contribution in [3.05, 3.63) is 100 Å². The third-order valence-electron chi connectivity index (χ3n) is 6.14. The predicted molar refractivity (Wildman–Crippen MR) is 139 cm³/mol. The molecule has 0 aliphatic carbocycles. The third-order valence-corrected chi connectivity index (χ3v) is 6.14. The molecule has 0 aliphatic rings. The molecule has 0 saturated heterocycles. The second-order valence-electron chi connectivity index (χ2n) is 8.54. The zero-order valence-corrected chi connectivity index (χ0v) is 19.8. The Balaban J connectivity index is 1.57. The van der Waals surface area contributed by atoms with Gasteiger partial charge in [0.1, 0.15) is 0 Å². The molecule has 0 fully saturated rings. The highest BCUT2D eigenvalue weighted by atomic mass is 16.3. The summed E-state index contributed by atoms with van der Waals surface area (Å²) in [5.41, 5.74) is 1.67. The van der Waals surface area contributed by atoms with Crippen LogP contribution >= 0.6 is 0 Å². The Morgan fingerprint density at radius 1 is 0.917 bits per heavy atom. The van der Waals surface area contributed by atoms with Gasteiger partial charge in [-0.2, -0.15) is 5.10 Å². The molecule has 0 spiro atoms. The number of azo groups is 1. The van der Waals surface area contributed by atoms with E-state index in [1.807, 2.05) is 54.6 Å². The topological polar surface area (TPSA) is 102 Å². The smallest absolute Gasteiger partial charge is 0.316 e. The highest BCUT2D eigenvalue weighted by Crippen LogP contribution is 2.39. The highest BCUT2D eigenvalue weighted by molar-refractivity contribution is 6.05. The first-order valence-electron chi connectivity index (χ1n) is 11.9. The van der Waals surface area contributed by atoms with Gasteiger partial charge in [0, 0.05) is 17.3 Å². The Hall–Kier alpha value is -4.59. The number of amides is 1. The lowest BCUT2D eigenvalue weighted by atomic mass is 10.1. The minimum atomic E-state index is -0.696. The maximum absolute atomic E-state index is 13.2. The van der Waals surface area contributed by atoms with Gasteiger partial charge < -0.3 is 9.67 Å². The molecular weight excluding hydrogens is 454 g/mol. The molecule has 2 aromatic heterocycles. The predicted octanol–water partition coefficient (Wildman–Crippen LogP) is 5.83. The van der Waals surface area contributed by atoms with Crippen LogP contribution in [-0.2, 0) is 13.1 Å². The lowest BCUT2D eigenvalue weighted by Crippen LogP contribution is -2.26. The number of carbonyl (C=O) groups is 1. The summed E-state index contributed by atoms with van der Waals surface area (Å²) in [5.74, 6) is -0.731. The van der Waals surface area contributed by atoms with Crippen molar-refractivity contribution in [2.45, 2.75) is 32.9 Å². The molecule has 180 valence electrons. The van der Waals surface area contributed by atoms with Gasteiger partial charge in [0.05, 0.1) is 17.4 Å². The van der Waals surface area contributed by atoms with Gasteiger partial charge in [-0.3, -0.25) is 9.59 Å². The van der Waals surface area contributed by atoms with Crippen LogP contribution in [0.25, 0.3) is 21.7 Å². The SMILES string of the molecule is CCCCn1c(O)c(N=NC(=O)c2nn(Cc3ccccc3)c(=O)c3ccccc23)c2ccccc21. The van der Waals surface area contributed by atoms with Crippen LogP contribution in [0.4, 0.5) is 5.69 Å². The van der Waals surface area contributed by atoms with Crippen LogP contribution in [0.15, 0.2) is 93.9 Å². The first-order valence-corrected chi connectivity index (χ1v) is 11.9. The van der Waals surface area contributed by atoms with Crippen LogP contribution in [-0.4, -0.2) is 25.4 Å². The van der Waals surface area contributed by atoms with E-state index in [1.54, 1.807) is 28.8 Å². The Morgan fingerprint density at radius 2 is 1.58 bits per heavy atom. The normalized spacial score (nSPS) is 11.6. The van der Waals surface area contributed by atoms with Crippen LogP contribution in [0.1, 0.15) is 35.8 Å². The van der Waals surface area contributed by atoms with Crippen molar-refractivity contribution in [1.82, 2.24) is 14.3 Å². The number of para-hydroxylation sites is 1. The fraction of sp³-hybridized carbons (Fsp3) is 0.179. The van der Waals surface area contributed by atoms with Crippen LogP contribution in [0.5, 0.6) is 5.88 Å². The van der Waals surface area contributed by atoms with E-state index < -0.39 is 5.91 Å². The maximum Gasteiger partial charge on any atom is 0.316 e. The first kappa shape index (κ1) is 23.2. The number of aromatic hydroxyl groups is 1. The number of hydrogen-bond acceptors (Lipinski definition) is 5. The summed E-state index contributed by atoms with van der Waals surface area (Å²) in [6.07, 6.45) is 1.86. The molecule has 0 atom stereocenters. The van der Waals surface area contributed by atoms with E-state index in [-0.39, 0.29) is 29.4 Å². The largest absolute Gasteiger partial charge is 0.493 e. The number of rotatable bonds is 7. The van der Waals surface area contributed by atoms with E-state index in [9.17, 15) is 14.7 Å². The summed E-state index contributed by atoms with van der Waals surface area (Å²) in [5, 5.41) is 24.8. The highest BCUT2D eigenvalue weighted by Gasteiger charge is 2.19. The Labute approximate surface area is 207 Å². The summed E-state index contributed by atoms with van der Waals surface area (Å²) >= 11 is 0. The molecule has 3 aromatic carbocycles. The van der Waals surface area contributed by atoms with Crippen molar-refractivity contribution in [3.8, 4) is 5.88 Å². The van der Waals surface area contributed by atoms with Crippen molar-refractivity contribution < 1.29 is 9.90 Å². The Bertz CT molecular complexity index is 1650. The van der Waals surface area contributed by atoms with Crippen molar-refractivity contribution in [2.75, 3.05) is 0 Å². The zero-order valence-electron chi connectivity index (χ0n) is 19.8. The molecule has 1 N–H and O–H groups in total. The van der Waals surface area contributed by atoms with Gasteiger partial charge in [-0.25, -0.2) is 4.68 Å². The molecule has 0 radical (unpaired) electrons. The molecule has 0 bridgehead atoms. The fourth-order valence-electron chi connectivity index (χ4n) is 4.31. The first-order chi connectivity index (χ1) is 17.6. The number of fused-ring (bicyclic) bond motifs is 2. The Morgan fingerprint density at radius 3 is 2.33 bits per heavy atom. The van der Waals surface area contributed by atoms with Gasteiger partial charge in [-0.05, 0) is 24.1 Å². The van der Waals surface area contributed by atoms with E-state index in [0.717, 1.165) is 23.9 Å². The van der Waals surface area contributed by atoms with E-state index >= 15 is 0 Å². The minimum Gasteiger partial charge on any atom is -0.493 e.